The molecule has 0 bridgehead atoms. The van der Waals surface area contributed by atoms with Crippen molar-refractivity contribution in [2.75, 3.05) is 5.75 Å². The fourth-order valence-corrected chi connectivity index (χ4v) is 1.93. The minimum atomic E-state index is -4.41. The molecule has 0 aliphatic rings. The van der Waals surface area contributed by atoms with Gasteiger partial charge in [0, 0.05) is 10.5 Å². The van der Waals surface area contributed by atoms with E-state index in [0.717, 1.165) is 17.8 Å². The summed E-state index contributed by atoms with van der Waals surface area (Å²) < 4.78 is 37.7. The van der Waals surface area contributed by atoms with Gasteiger partial charge in [-0.3, -0.25) is 4.79 Å². The Morgan fingerprint density at radius 2 is 2.07 bits per heavy atom. The molecule has 0 atom stereocenters. The predicted molar refractivity (Wildman–Crippen MR) is 53.2 cm³/mol. The van der Waals surface area contributed by atoms with Gasteiger partial charge < -0.3 is 0 Å². The number of aldehydes is 1. The number of carbonyl (C=O) groups is 1. The molecule has 0 aliphatic heterocycles. The van der Waals surface area contributed by atoms with E-state index in [4.69, 9.17) is 0 Å². The van der Waals surface area contributed by atoms with E-state index in [1.807, 2.05) is 0 Å². The van der Waals surface area contributed by atoms with Gasteiger partial charge in [0.2, 0.25) is 0 Å². The summed E-state index contributed by atoms with van der Waals surface area (Å²) in [7, 11) is 0. The number of hydrogen-bond acceptors (Lipinski definition) is 2. The molecule has 0 amide bonds. The summed E-state index contributed by atoms with van der Waals surface area (Å²) in [6, 6.07) is 3.60. The molecule has 0 spiro atoms. The van der Waals surface area contributed by atoms with Crippen LogP contribution in [0.1, 0.15) is 22.8 Å². The summed E-state index contributed by atoms with van der Waals surface area (Å²) in [6.45, 7) is 1.78. The Bertz CT molecular complexity index is 360. The molecule has 1 rings (SSSR count). The lowest BCUT2D eigenvalue weighted by Crippen LogP contribution is -2.07. The monoisotopic (exact) mass is 234 g/mol. The lowest BCUT2D eigenvalue weighted by atomic mass is 10.1. The molecule has 0 fully saturated rings. The number of halogens is 3. The van der Waals surface area contributed by atoms with E-state index in [-0.39, 0.29) is 10.5 Å². The Balaban J connectivity index is 3.22. The van der Waals surface area contributed by atoms with Crippen molar-refractivity contribution < 1.29 is 18.0 Å². The minimum absolute atomic E-state index is 0.0442. The van der Waals surface area contributed by atoms with Crippen LogP contribution >= 0.6 is 11.8 Å². The van der Waals surface area contributed by atoms with Gasteiger partial charge in [-0.2, -0.15) is 13.2 Å². The molecule has 5 heteroatoms. The van der Waals surface area contributed by atoms with Crippen LogP contribution in [-0.2, 0) is 6.18 Å². The third kappa shape index (κ3) is 2.99. The fraction of sp³-hybridized carbons (Fsp3) is 0.300. The first-order valence-corrected chi connectivity index (χ1v) is 5.26. The number of alkyl halides is 3. The molecule has 82 valence electrons. The minimum Gasteiger partial charge on any atom is -0.298 e. The van der Waals surface area contributed by atoms with Crippen LogP contribution in [0, 0.1) is 0 Å². The van der Waals surface area contributed by atoms with Crippen LogP contribution in [-0.4, -0.2) is 12.0 Å². The Hall–Kier alpha value is -0.970. The molecular weight excluding hydrogens is 225 g/mol. The van der Waals surface area contributed by atoms with Gasteiger partial charge in [-0.1, -0.05) is 13.0 Å². The van der Waals surface area contributed by atoms with Crippen molar-refractivity contribution in [3.63, 3.8) is 0 Å². The fourth-order valence-electron chi connectivity index (χ4n) is 1.12. The number of benzene rings is 1. The van der Waals surface area contributed by atoms with Crippen LogP contribution in [0.5, 0.6) is 0 Å². The highest BCUT2D eigenvalue weighted by Gasteiger charge is 2.33. The molecule has 0 N–H and O–H groups in total. The summed E-state index contributed by atoms with van der Waals surface area (Å²) in [4.78, 5) is 10.5. The van der Waals surface area contributed by atoms with E-state index in [9.17, 15) is 18.0 Å². The Kier molecular flexibility index (Phi) is 3.79. The standard InChI is InChI=1S/C10H9F3OS/c1-2-15-9-4-3-7(6-14)5-8(9)10(11,12)13/h3-6H,2H2,1H3. The van der Waals surface area contributed by atoms with E-state index >= 15 is 0 Å². The van der Waals surface area contributed by atoms with Crippen molar-refractivity contribution in [2.24, 2.45) is 0 Å². The lowest BCUT2D eigenvalue weighted by Gasteiger charge is -2.12. The molecule has 1 aromatic rings. The van der Waals surface area contributed by atoms with Gasteiger partial charge in [-0.15, -0.1) is 11.8 Å². The Morgan fingerprint density at radius 3 is 2.53 bits per heavy atom. The summed E-state index contributed by atoms with van der Waals surface area (Å²) >= 11 is 1.11. The highest BCUT2D eigenvalue weighted by Crippen LogP contribution is 2.36. The first-order valence-electron chi connectivity index (χ1n) is 4.28. The second kappa shape index (κ2) is 4.70. The van der Waals surface area contributed by atoms with Gasteiger partial charge in [0.1, 0.15) is 6.29 Å². The highest BCUT2D eigenvalue weighted by molar-refractivity contribution is 7.99. The maximum Gasteiger partial charge on any atom is 0.417 e. The second-order valence-corrected chi connectivity index (χ2v) is 4.11. The maximum absolute atomic E-state index is 12.6. The van der Waals surface area contributed by atoms with Crippen LogP contribution in [0.3, 0.4) is 0 Å². The normalized spacial score (nSPS) is 11.5. The van der Waals surface area contributed by atoms with Crippen molar-refractivity contribution in [2.45, 2.75) is 18.0 Å². The number of thioether (sulfide) groups is 1. The van der Waals surface area contributed by atoms with E-state index in [1.54, 1.807) is 6.92 Å². The van der Waals surface area contributed by atoms with Crippen molar-refractivity contribution >= 4 is 18.0 Å². The molecule has 15 heavy (non-hydrogen) atoms. The molecule has 0 saturated heterocycles. The Morgan fingerprint density at radius 1 is 1.40 bits per heavy atom. The summed E-state index contributed by atoms with van der Waals surface area (Å²) in [6.07, 6.45) is -3.99. The topological polar surface area (TPSA) is 17.1 Å². The zero-order valence-corrected chi connectivity index (χ0v) is 8.78. The maximum atomic E-state index is 12.6. The van der Waals surface area contributed by atoms with Crippen LogP contribution in [0.25, 0.3) is 0 Å². The van der Waals surface area contributed by atoms with Crippen LogP contribution < -0.4 is 0 Å². The van der Waals surface area contributed by atoms with E-state index in [2.05, 4.69) is 0 Å². The van der Waals surface area contributed by atoms with Crippen LogP contribution in [0.2, 0.25) is 0 Å². The third-order valence-corrected chi connectivity index (χ3v) is 2.70. The molecule has 0 saturated carbocycles. The number of carbonyl (C=O) groups excluding carboxylic acids is 1. The van der Waals surface area contributed by atoms with Crippen LogP contribution in [0.15, 0.2) is 23.1 Å². The summed E-state index contributed by atoms with van der Waals surface area (Å²) in [5.41, 5.74) is -0.693. The SMILES string of the molecule is CCSc1ccc(C=O)cc1C(F)(F)F. The first kappa shape index (κ1) is 12.1. The van der Waals surface area contributed by atoms with Gasteiger partial charge in [0.15, 0.2) is 0 Å². The van der Waals surface area contributed by atoms with Crippen molar-refractivity contribution in [1.29, 1.82) is 0 Å². The molecule has 1 nitrogen and oxygen atoms in total. The molecular formula is C10H9F3OS. The average molecular weight is 234 g/mol. The van der Waals surface area contributed by atoms with Gasteiger partial charge in [0.05, 0.1) is 5.56 Å². The second-order valence-electron chi connectivity index (χ2n) is 2.80. The number of rotatable bonds is 3. The summed E-state index contributed by atoms with van der Waals surface area (Å²) in [5, 5.41) is 0. The first-order chi connectivity index (χ1) is 6.99. The molecule has 0 unspecified atom stereocenters. The zero-order valence-electron chi connectivity index (χ0n) is 7.97. The third-order valence-electron chi connectivity index (χ3n) is 1.74. The van der Waals surface area contributed by atoms with Crippen LogP contribution in [0.4, 0.5) is 13.2 Å². The van der Waals surface area contributed by atoms with Gasteiger partial charge in [-0.25, -0.2) is 0 Å². The van der Waals surface area contributed by atoms with E-state index < -0.39 is 11.7 Å². The van der Waals surface area contributed by atoms with Crippen molar-refractivity contribution in [3.05, 3.63) is 29.3 Å². The molecule has 1 aromatic carbocycles. The van der Waals surface area contributed by atoms with Gasteiger partial charge in [0.25, 0.3) is 0 Å². The van der Waals surface area contributed by atoms with E-state index in [0.29, 0.717) is 12.0 Å². The molecule has 0 aromatic heterocycles. The van der Waals surface area contributed by atoms with E-state index in [1.165, 1.54) is 12.1 Å². The Labute approximate surface area is 89.7 Å². The van der Waals surface area contributed by atoms with Gasteiger partial charge in [-0.05, 0) is 17.9 Å². The quantitative estimate of drug-likeness (QED) is 0.586. The van der Waals surface area contributed by atoms with Crippen molar-refractivity contribution in [1.82, 2.24) is 0 Å². The zero-order chi connectivity index (χ0) is 11.5. The molecule has 0 aliphatic carbocycles. The molecule has 0 heterocycles. The largest absolute Gasteiger partial charge is 0.417 e. The van der Waals surface area contributed by atoms with Crippen molar-refractivity contribution in [3.8, 4) is 0 Å². The molecule has 0 radical (unpaired) electrons. The smallest absolute Gasteiger partial charge is 0.298 e. The lowest BCUT2D eigenvalue weighted by molar-refractivity contribution is -0.139. The van der Waals surface area contributed by atoms with Gasteiger partial charge >= 0.3 is 6.18 Å². The highest BCUT2D eigenvalue weighted by atomic mass is 32.2. The number of hydrogen-bond donors (Lipinski definition) is 0. The summed E-state index contributed by atoms with van der Waals surface area (Å²) in [5.74, 6) is 0.559. The predicted octanol–water partition coefficient (Wildman–Crippen LogP) is 3.63. The average Bonchev–Trinajstić information content (AvgIpc) is 2.17.